The number of nitrogens with one attached hydrogen (secondary N) is 2. The van der Waals surface area contributed by atoms with Crippen LogP contribution in [0.1, 0.15) is 58.7 Å². The number of H-pyrrole nitrogens is 1. The van der Waals surface area contributed by atoms with Gasteiger partial charge < -0.3 is 25.7 Å². The highest BCUT2D eigenvalue weighted by Gasteiger charge is 2.37. The van der Waals surface area contributed by atoms with E-state index in [0.717, 1.165) is 22.4 Å². The number of nitrogens with zero attached hydrogens (tertiary/aromatic N) is 4. The number of carbonyl (C=O) groups is 2. The highest BCUT2D eigenvalue weighted by Crippen LogP contribution is 2.39. The average molecular weight is 488 g/mol. The molecule has 1 aliphatic heterocycles. The number of hydrogen-bond acceptors (Lipinski definition) is 6. The molecule has 3 aromatic rings. The number of methoxy groups -OCH3 is 1. The van der Waals surface area contributed by atoms with E-state index in [1.807, 2.05) is 18.2 Å². The van der Waals surface area contributed by atoms with Gasteiger partial charge >= 0.3 is 0 Å². The van der Waals surface area contributed by atoms with E-state index >= 15 is 0 Å². The summed E-state index contributed by atoms with van der Waals surface area (Å²) < 4.78 is 7.03. The van der Waals surface area contributed by atoms with Crippen LogP contribution in [0.3, 0.4) is 0 Å². The molecule has 4 N–H and O–H groups in total. The molecule has 1 saturated carbocycles. The number of ether oxygens (including phenoxy) is 1. The smallest absolute Gasteiger partial charge is 0.255 e. The summed E-state index contributed by atoms with van der Waals surface area (Å²) in [6.45, 7) is 4.40. The van der Waals surface area contributed by atoms with Crippen molar-refractivity contribution < 1.29 is 14.3 Å². The number of rotatable bonds is 7. The first-order valence-electron chi connectivity index (χ1n) is 12.0. The fourth-order valence-electron chi connectivity index (χ4n) is 4.85. The Morgan fingerprint density at radius 1 is 1.36 bits per heavy atom. The lowest BCUT2D eigenvalue weighted by Crippen LogP contribution is -2.37. The topological polar surface area (TPSA) is 131 Å². The highest BCUT2D eigenvalue weighted by molar-refractivity contribution is 6.00. The normalized spacial score (nSPS) is 19.2. The number of aromatic nitrogens is 4. The molecule has 1 saturated heterocycles. The lowest BCUT2D eigenvalue weighted by Gasteiger charge is -2.22. The first-order valence-corrected chi connectivity index (χ1v) is 12.0. The van der Waals surface area contributed by atoms with Gasteiger partial charge in [0.2, 0.25) is 5.91 Å². The van der Waals surface area contributed by atoms with Crippen molar-refractivity contribution >= 4 is 28.7 Å². The zero-order valence-corrected chi connectivity index (χ0v) is 20.4. The SMILES string of the molecule is C=CC(=O)N1C[C@@H](n2nc(C#Cc3ccc4nc(C5CC5)[nH]c4c3)c(C(N)=O)c2NC)C[C@@H]1COC. The van der Waals surface area contributed by atoms with Gasteiger partial charge in [-0.25, -0.2) is 9.67 Å². The molecule has 10 nitrogen and oxygen atoms in total. The molecular weight excluding hydrogens is 458 g/mol. The summed E-state index contributed by atoms with van der Waals surface area (Å²) in [6, 6.07) is 5.47. The Kier molecular flexibility index (Phi) is 6.24. The number of aromatic amines is 1. The second-order valence-electron chi connectivity index (χ2n) is 9.20. The lowest BCUT2D eigenvalue weighted by molar-refractivity contribution is -0.127. The van der Waals surface area contributed by atoms with Crippen LogP contribution in [-0.2, 0) is 9.53 Å². The Labute approximate surface area is 208 Å². The van der Waals surface area contributed by atoms with Crippen molar-refractivity contribution in [3.63, 3.8) is 0 Å². The molecule has 2 atom stereocenters. The van der Waals surface area contributed by atoms with E-state index in [-0.39, 0.29) is 29.2 Å². The number of nitrogens with two attached hydrogens (primary N) is 1. The third kappa shape index (κ3) is 4.33. The molecule has 5 rings (SSSR count). The molecule has 10 heteroatoms. The maximum absolute atomic E-state index is 12.4. The zero-order chi connectivity index (χ0) is 25.4. The molecule has 1 aliphatic carbocycles. The number of benzene rings is 1. The molecule has 2 fully saturated rings. The molecule has 3 heterocycles. The number of hydrogen-bond donors (Lipinski definition) is 3. The molecule has 0 unspecified atom stereocenters. The Hall–Kier alpha value is -4.10. The minimum atomic E-state index is -0.626. The second kappa shape index (κ2) is 9.51. The van der Waals surface area contributed by atoms with Crippen LogP contribution >= 0.6 is 0 Å². The van der Waals surface area contributed by atoms with Gasteiger partial charge in [0.05, 0.1) is 29.7 Å². The fourth-order valence-corrected chi connectivity index (χ4v) is 4.85. The van der Waals surface area contributed by atoms with E-state index in [9.17, 15) is 9.59 Å². The summed E-state index contributed by atoms with van der Waals surface area (Å²) in [6.07, 6.45) is 4.24. The van der Waals surface area contributed by atoms with Gasteiger partial charge in [0, 0.05) is 32.2 Å². The zero-order valence-electron chi connectivity index (χ0n) is 20.4. The predicted molar refractivity (Wildman–Crippen MR) is 136 cm³/mol. The number of primary amides is 1. The van der Waals surface area contributed by atoms with Crippen LogP contribution in [0.2, 0.25) is 0 Å². The average Bonchev–Trinajstić information content (AvgIpc) is 3.33. The number of carbonyl (C=O) groups excluding carboxylic acids is 2. The molecule has 2 aromatic heterocycles. The number of amides is 2. The predicted octanol–water partition coefficient (Wildman–Crippen LogP) is 2.15. The highest BCUT2D eigenvalue weighted by atomic mass is 16.5. The Bertz CT molecular complexity index is 1410. The third-order valence-corrected chi connectivity index (χ3v) is 6.74. The van der Waals surface area contributed by atoms with Gasteiger partial charge in [-0.3, -0.25) is 9.59 Å². The minimum Gasteiger partial charge on any atom is -0.383 e. The van der Waals surface area contributed by atoms with Gasteiger partial charge in [-0.15, -0.1) is 0 Å². The van der Waals surface area contributed by atoms with Gasteiger partial charge in [-0.1, -0.05) is 12.5 Å². The van der Waals surface area contributed by atoms with Crippen LogP contribution in [0.15, 0.2) is 30.9 Å². The molecule has 0 bridgehead atoms. The Balaban J connectivity index is 1.48. The summed E-state index contributed by atoms with van der Waals surface area (Å²) in [5, 5.41) is 7.72. The summed E-state index contributed by atoms with van der Waals surface area (Å²) in [7, 11) is 3.30. The summed E-state index contributed by atoms with van der Waals surface area (Å²) >= 11 is 0. The van der Waals surface area contributed by atoms with Crippen LogP contribution in [0.4, 0.5) is 5.82 Å². The van der Waals surface area contributed by atoms with Gasteiger partial charge in [0.15, 0.2) is 5.69 Å². The van der Waals surface area contributed by atoms with Crippen molar-refractivity contribution in [1.82, 2.24) is 24.6 Å². The molecule has 0 radical (unpaired) electrons. The monoisotopic (exact) mass is 487 g/mol. The maximum atomic E-state index is 12.4. The van der Waals surface area contributed by atoms with Crippen molar-refractivity contribution in [3.8, 4) is 11.8 Å². The largest absolute Gasteiger partial charge is 0.383 e. The maximum Gasteiger partial charge on any atom is 0.255 e. The van der Waals surface area contributed by atoms with Crippen LogP contribution in [0.25, 0.3) is 11.0 Å². The number of likely N-dealkylation sites (tertiary alicyclic amines) is 1. The quantitative estimate of drug-likeness (QED) is 0.346. The van der Waals surface area contributed by atoms with Crippen LogP contribution < -0.4 is 11.1 Å². The van der Waals surface area contributed by atoms with E-state index < -0.39 is 5.91 Å². The summed E-state index contributed by atoms with van der Waals surface area (Å²) in [4.78, 5) is 34.6. The number of fused-ring (bicyclic) bond motifs is 1. The van der Waals surface area contributed by atoms with E-state index in [2.05, 4.69) is 38.8 Å². The van der Waals surface area contributed by atoms with E-state index in [0.29, 0.717) is 31.3 Å². The molecule has 2 aliphatic rings. The molecule has 186 valence electrons. The standard InChI is InChI=1S/C26H29N7O3/c1-4-22(34)32-13-17(12-18(32)14-36-3)33-26(28-2)23(24(27)35)20(31-33)10-6-15-5-9-19-21(11-15)30-25(29-19)16-7-8-16/h4-5,9,11,16-18,28H,1,7-8,12-14H2,2-3H3,(H2,27,35)(H,29,30)/t17-,18+/m0/s1. The van der Waals surface area contributed by atoms with E-state index in [1.54, 1.807) is 23.7 Å². The van der Waals surface area contributed by atoms with Crippen molar-refractivity contribution in [1.29, 1.82) is 0 Å². The summed E-state index contributed by atoms with van der Waals surface area (Å²) in [5.74, 6) is 7.38. The van der Waals surface area contributed by atoms with Crippen molar-refractivity contribution in [3.05, 3.63) is 53.5 Å². The van der Waals surface area contributed by atoms with Crippen molar-refractivity contribution in [2.75, 3.05) is 32.6 Å². The van der Waals surface area contributed by atoms with Crippen LogP contribution in [0, 0.1) is 11.8 Å². The van der Waals surface area contributed by atoms with Gasteiger partial charge in [0.25, 0.3) is 5.91 Å². The van der Waals surface area contributed by atoms with Gasteiger partial charge in [-0.2, -0.15) is 5.10 Å². The lowest BCUT2D eigenvalue weighted by atomic mass is 10.1. The third-order valence-electron chi connectivity index (χ3n) is 6.74. The number of anilines is 1. The second-order valence-corrected chi connectivity index (χ2v) is 9.20. The van der Waals surface area contributed by atoms with Crippen LogP contribution in [0.5, 0.6) is 0 Å². The summed E-state index contributed by atoms with van der Waals surface area (Å²) in [5.41, 5.74) is 8.87. The molecule has 2 amide bonds. The minimum absolute atomic E-state index is 0.132. The van der Waals surface area contributed by atoms with Crippen molar-refractivity contribution in [2.24, 2.45) is 5.73 Å². The first-order chi connectivity index (χ1) is 17.4. The fraction of sp³-hybridized carbons (Fsp3) is 0.385. The van der Waals surface area contributed by atoms with E-state index in [1.165, 1.54) is 18.9 Å². The van der Waals surface area contributed by atoms with Crippen molar-refractivity contribution in [2.45, 2.75) is 37.3 Å². The number of imidazole rings is 1. The molecule has 0 spiro atoms. The van der Waals surface area contributed by atoms with Crippen LogP contribution in [-0.4, -0.2) is 69.8 Å². The molecule has 1 aromatic carbocycles. The molecule has 36 heavy (non-hydrogen) atoms. The first kappa shape index (κ1) is 23.6. The van der Waals surface area contributed by atoms with Gasteiger partial charge in [-0.05, 0) is 49.5 Å². The van der Waals surface area contributed by atoms with E-state index in [4.69, 9.17) is 10.5 Å². The van der Waals surface area contributed by atoms with Gasteiger partial charge in [0.1, 0.15) is 17.2 Å². The Morgan fingerprint density at radius 3 is 2.83 bits per heavy atom. The Morgan fingerprint density at radius 2 is 2.17 bits per heavy atom. The molecular formula is C26H29N7O3.